The molecule has 2 atom stereocenters. The molecule has 0 saturated heterocycles. The maximum absolute atomic E-state index is 13.8. The molecule has 48 heavy (non-hydrogen) atoms. The predicted octanol–water partition coefficient (Wildman–Crippen LogP) is 6.37. The van der Waals surface area contributed by atoms with Crippen molar-refractivity contribution in [3.8, 4) is 22.6 Å². The molecule has 0 saturated carbocycles. The number of rotatable bonds is 11. The van der Waals surface area contributed by atoms with Gasteiger partial charge in [-0.2, -0.15) is 0 Å². The zero-order valence-corrected chi connectivity index (χ0v) is 27.2. The minimum Gasteiger partial charge on any atom is -0.493 e. The number of carboxylic acid groups (broad SMARTS) is 1. The highest BCUT2D eigenvalue weighted by atomic mass is 16.6. The summed E-state index contributed by atoms with van der Waals surface area (Å²) in [5.74, 6) is -0.0609. The summed E-state index contributed by atoms with van der Waals surface area (Å²) in [4.78, 5) is 37.7. The van der Waals surface area contributed by atoms with Crippen molar-refractivity contribution in [1.82, 2.24) is 10.6 Å². The summed E-state index contributed by atoms with van der Waals surface area (Å²) in [6, 6.07) is 26.4. The van der Waals surface area contributed by atoms with Crippen LogP contribution in [0.1, 0.15) is 71.9 Å². The normalized spacial score (nSPS) is 14.5. The van der Waals surface area contributed by atoms with Gasteiger partial charge in [0.05, 0.1) is 31.7 Å². The first-order valence-corrected chi connectivity index (χ1v) is 15.8. The van der Waals surface area contributed by atoms with E-state index in [-0.39, 0.29) is 31.6 Å². The highest BCUT2D eigenvalue weighted by molar-refractivity contribution is 5.96. The van der Waals surface area contributed by atoms with Crippen LogP contribution in [0.3, 0.4) is 0 Å². The maximum atomic E-state index is 13.8. The SMILES string of the molecule is CC(C)(C)OC(=O)N[C@H](CO)c1cccc(-c2cc(COc3ccccc3CC(=O)O)cc(C(=O)NC3CCOc4ccccc43)c2)c1. The molecule has 1 unspecified atom stereocenters. The zero-order valence-electron chi connectivity index (χ0n) is 27.2. The van der Waals surface area contributed by atoms with Gasteiger partial charge in [-0.05, 0) is 79.4 Å². The number of fused-ring (bicyclic) bond motifs is 1. The van der Waals surface area contributed by atoms with E-state index >= 15 is 0 Å². The van der Waals surface area contributed by atoms with Gasteiger partial charge in [0.15, 0.2) is 0 Å². The van der Waals surface area contributed by atoms with E-state index in [0.29, 0.717) is 46.6 Å². The molecular formula is C38H40N2O8. The molecule has 1 aliphatic rings. The first-order chi connectivity index (χ1) is 23.0. The molecule has 1 aliphatic heterocycles. The van der Waals surface area contributed by atoms with Crippen molar-refractivity contribution in [3.63, 3.8) is 0 Å². The minimum atomic E-state index is -0.969. The van der Waals surface area contributed by atoms with E-state index in [4.69, 9.17) is 14.2 Å². The monoisotopic (exact) mass is 652 g/mol. The van der Waals surface area contributed by atoms with Crippen molar-refractivity contribution < 1.29 is 38.8 Å². The first-order valence-electron chi connectivity index (χ1n) is 15.8. The Morgan fingerprint density at radius 2 is 1.71 bits per heavy atom. The first kappa shape index (κ1) is 34.0. The van der Waals surface area contributed by atoms with Gasteiger partial charge in [0.1, 0.15) is 23.7 Å². The number of carboxylic acids is 1. The second kappa shape index (κ2) is 15.0. The van der Waals surface area contributed by atoms with Crippen LogP contribution in [0.5, 0.6) is 11.5 Å². The highest BCUT2D eigenvalue weighted by Crippen LogP contribution is 2.33. The Morgan fingerprint density at radius 3 is 2.48 bits per heavy atom. The molecule has 0 spiro atoms. The van der Waals surface area contributed by atoms with Gasteiger partial charge in [-0.3, -0.25) is 9.59 Å². The molecule has 5 rings (SSSR count). The molecule has 1 heterocycles. The third kappa shape index (κ3) is 8.92. The average Bonchev–Trinajstić information content (AvgIpc) is 3.06. The molecule has 250 valence electrons. The van der Waals surface area contributed by atoms with Gasteiger partial charge >= 0.3 is 12.1 Å². The van der Waals surface area contributed by atoms with Crippen molar-refractivity contribution in [2.75, 3.05) is 13.2 Å². The van der Waals surface area contributed by atoms with Crippen LogP contribution in [0, 0.1) is 0 Å². The summed E-state index contributed by atoms with van der Waals surface area (Å²) >= 11 is 0. The lowest BCUT2D eigenvalue weighted by molar-refractivity contribution is -0.136. The van der Waals surface area contributed by atoms with E-state index in [1.807, 2.05) is 48.5 Å². The summed E-state index contributed by atoms with van der Waals surface area (Å²) in [6.07, 6.45) is -0.219. The van der Waals surface area contributed by atoms with E-state index in [2.05, 4.69) is 10.6 Å². The van der Waals surface area contributed by atoms with Crippen LogP contribution in [0.2, 0.25) is 0 Å². The van der Waals surface area contributed by atoms with Crippen LogP contribution >= 0.6 is 0 Å². The minimum absolute atomic E-state index is 0.0734. The Morgan fingerprint density at radius 1 is 0.938 bits per heavy atom. The molecule has 0 fully saturated rings. The Balaban J connectivity index is 1.46. The Kier molecular flexibility index (Phi) is 10.7. The van der Waals surface area contributed by atoms with Crippen molar-refractivity contribution >= 4 is 18.0 Å². The Labute approximate surface area is 279 Å². The number of alkyl carbamates (subject to hydrolysis) is 1. The molecule has 4 aromatic carbocycles. The fourth-order valence-electron chi connectivity index (χ4n) is 5.54. The Bertz CT molecular complexity index is 1780. The maximum Gasteiger partial charge on any atom is 0.408 e. The number of para-hydroxylation sites is 2. The molecule has 0 aliphatic carbocycles. The number of carbonyl (C=O) groups excluding carboxylic acids is 2. The van der Waals surface area contributed by atoms with E-state index in [9.17, 15) is 24.6 Å². The number of benzene rings is 4. The molecule has 4 N–H and O–H groups in total. The lowest BCUT2D eigenvalue weighted by atomic mass is 9.95. The third-order valence-electron chi connectivity index (χ3n) is 7.72. The summed E-state index contributed by atoms with van der Waals surface area (Å²) in [6.45, 7) is 5.48. The van der Waals surface area contributed by atoms with E-state index in [0.717, 1.165) is 16.9 Å². The predicted molar refractivity (Wildman–Crippen MR) is 180 cm³/mol. The van der Waals surface area contributed by atoms with Gasteiger partial charge in [0.25, 0.3) is 5.91 Å². The molecule has 10 heteroatoms. The van der Waals surface area contributed by atoms with Gasteiger partial charge < -0.3 is 35.1 Å². The number of nitrogens with one attached hydrogen (secondary N) is 2. The van der Waals surface area contributed by atoms with Crippen LogP contribution in [0.15, 0.2) is 91.0 Å². The summed E-state index contributed by atoms with van der Waals surface area (Å²) in [5, 5.41) is 25.4. The van der Waals surface area contributed by atoms with Gasteiger partial charge in [0.2, 0.25) is 0 Å². The lowest BCUT2D eigenvalue weighted by Crippen LogP contribution is -2.36. The Hall–Kier alpha value is -5.35. The topological polar surface area (TPSA) is 143 Å². The van der Waals surface area contributed by atoms with Crippen LogP contribution in [0.4, 0.5) is 4.79 Å². The summed E-state index contributed by atoms with van der Waals surface area (Å²) in [7, 11) is 0. The molecule has 4 aromatic rings. The largest absolute Gasteiger partial charge is 0.493 e. The number of hydrogen-bond donors (Lipinski definition) is 4. The second-order valence-corrected chi connectivity index (χ2v) is 12.6. The quantitative estimate of drug-likeness (QED) is 0.146. The number of amides is 2. The number of aliphatic hydroxyl groups is 1. The van der Waals surface area contributed by atoms with Crippen molar-refractivity contribution in [1.29, 1.82) is 0 Å². The van der Waals surface area contributed by atoms with E-state index in [1.165, 1.54) is 0 Å². The van der Waals surface area contributed by atoms with E-state index < -0.39 is 23.7 Å². The number of ether oxygens (including phenoxy) is 3. The summed E-state index contributed by atoms with van der Waals surface area (Å²) in [5.41, 5.74) is 3.95. The second-order valence-electron chi connectivity index (χ2n) is 12.6. The highest BCUT2D eigenvalue weighted by Gasteiger charge is 2.24. The molecule has 2 amide bonds. The molecule has 0 radical (unpaired) electrons. The van der Waals surface area contributed by atoms with Crippen LogP contribution < -0.4 is 20.1 Å². The average molecular weight is 653 g/mol. The van der Waals surface area contributed by atoms with Crippen molar-refractivity contribution in [2.24, 2.45) is 0 Å². The van der Waals surface area contributed by atoms with Crippen LogP contribution in [-0.2, 0) is 22.6 Å². The zero-order chi connectivity index (χ0) is 34.3. The lowest BCUT2D eigenvalue weighted by Gasteiger charge is -2.26. The van der Waals surface area contributed by atoms with Gasteiger partial charge in [-0.25, -0.2) is 4.79 Å². The molecular weight excluding hydrogens is 612 g/mol. The smallest absolute Gasteiger partial charge is 0.408 e. The third-order valence-corrected chi connectivity index (χ3v) is 7.72. The summed E-state index contributed by atoms with van der Waals surface area (Å²) < 4.78 is 17.3. The fraction of sp³-hybridized carbons (Fsp3) is 0.289. The molecule has 10 nitrogen and oxygen atoms in total. The van der Waals surface area contributed by atoms with Crippen LogP contribution in [-0.4, -0.2) is 47.0 Å². The van der Waals surface area contributed by atoms with Crippen molar-refractivity contribution in [2.45, 2.75) is 57.9 Å². The van der Waals surface area contributed by atoms with Gasteiger partial charge in [-0.1, -0.05) is 54.6 Å². The van der Waals surface area contributed by atoms with E-state index in [1.54, 1.807) is 63.2 Å². The van der Waals surface area contributed by atoms with Gasteiger partial charge in [-0.15, -0.1) is 0 Å². The molecule has 0 aromatic heterocycles. The number of aliphatic hydroxyl groups excluding tert-OH is 1. The van der Waals surface area contributed by atoms with Crippen molar-refractivity contribution in [3.05, 3.63) is 119 Å². The number of carbonyl (C=O) groups is 3. The fourth-order valence-corrected chi connectivity index (χ4v) is 5.54. The van der Waals surface area contributed by atoms with Crippen LogP contribution in [0.25, 0.3) is 11.1 Å². The number of aliphatic carboxylic acids is 1. The molecule has 0 bridgehead atoms. The standard InChI is InChI=1S/C38H40N2O8/c1-38(2,3)48-37(45)40-32(22-41)26-11-8-10-25(19-26)28-17-24(23-47-33-13-6-4-9-27(33)21-35(42)43)18-29(20-28)36(44)39-31-15-16-46-34-14-7-5-12-30(31)34/h4-14,17-20,31-32,41H,15-16,21-23H2,1-3H3,(H,39,44)(H,40,45)(H,42,43)/t31?,32-/m1/s1. The van der Waals surface area contributed by atoms with Gasteiger partial charge in [0, 0.05) is 23.1 Å². The number of hydrogen-bond acceptors (Lipinski definition) is 7.